The summed E-state index contributed by atoms with van der Waals surface area (Å²) >= 11 is 0. The van der Waals surface area contributed by atoms with E-state index in [1.807, 2.05) is 0 Å². The number of hydrogen-bond donors (Lipinski definition) is 0. The minimum absolute atomic E-state index is 0. The summed E-state index contributed by atoms with van der Waals surface area (Å²) in [5, 5.41) is 0. The van der Waals surface area contributed by atoms with Crippen molar-refractivity contribution < 1.29 is 81.2 Å². The smallest absolute Gasteiger partial charge is 1.00 e. The van der Waals surface area contributed by atoms with Gasteiger partial charge in [0.1, 0.15) is 0 Å². The average Bonchev–Trinajstić information content (AvgIpc) is 0. The van der Waals surface area contributed by atoms with E-state index in [0.717, 1.165) is 0 Å². The molecule has 0 radical (unpaired) electrons. The van der Waals surface area contributed by atoms with Gasteiger partial charge in [-0.15, -0.1) is 0 Å². The SMILES string of the molecule is O.[K+].[Li+].[O-2]. The van der Waals surface area contributed by atoms with Crippen molar-refractivity contribution in [1.29, 1.82) is 0 Å². The Balaban J connectivity index is 0. The van der Waals surface area contributed by atoms with Gasteiger partial charge < -0.3 is 11.0 Å². The molecule has 0 aromatic heterocycles. The van der Waals surface area contributed by atoms with E-state index >= 15 is 0 Å². The predicted octanol–water partition coefficient (Wildman–Crippen LogP) is -6.94. The van der Waals surface area contributed by atoms with Crippen LogP contribution in [0.1, 0.15) is 0 Å². The van der Waals surface area contributed by atoms with E-state index < -0.39 is 0 Å². The molecule has 0 atom stereocenters. The van der Waals surface area contributed by atoms with E-state index in [2.05, 4.69) is 0 Å². The van der Waals surface area contributed by atoms with Gasteiger partial charge in [0.05, 0.1) is 0 Å². The largest absolute Gasteiger partial charge is 2.00 e. The van der Waals surface area contributed by atoms with Crippen molar-refractivity contribution in [3.05, 3.63) is 0 Å². The molecule has 2 nitrogen and oxygen atoms in total. The maximum Gasteiger partial charge on any atom is 1.00 e. The fraction of sp³-hybridized carbons (Fsp3) is 0. The summed E-state index contributed by atoms with van der Waals surface area (Å²) in [7, 11) is 0. The average molecular weight is 80.1 g/mol. The van der Waals surface area contributed by atoms with Crippen LogP contribution in [-0.4, -0.2) is 5.48 Å². The van der Waals surface area contributed by atoms with Crippen LogP contribution < -0.4 is 70.2 Å². The van der Waals surface area contributed by atoms with Crippen LogP contribution in [0.5, 0.6) is 0 Å². The molecule has 0 aromatic rings. The zero-order valence-corrected chi connectivity index (χ0v) is 6.03. The van der Waals surface area contributed by atoms with Gasteiger partial charge in [-0.1, -0.05) is 0 Å². The van der Waals surface area contributed by atoms with Crippen LogP contribution in [0.2, 0.25) is 0 Å². The van der Waals surface area contributed by atoms with Gasteiger partial charge in [0.2, 0.25) is 0 Å². The summed E-state index contributed by atoms with van der Waals surface area (Å²) in [4.78, 5) is 0. The van der Waals surface area contributed by atoms with Crippen LogP contribution in [0.15, 0.2) is 0 Å². The van der Waals surface area contributed by atoms with Gasteiger partial charge in [-0.2, -0.15) is 0 Å². The summed E-state index contributed by atoms with van der Waals surface area (Å²) in [6.07, 6.45) is 0. The van der Waals surface area contributed by atoms with Crippen LogP contribution in [0.3, 0.4) is 0 Å². The van der Waals surface area contributed by atoms with Gasteiger partial charge in [-0.05, 0) is 0 Å². The molecule has 0 heterocycles. The Labute approximate surface area is 79.6 Å². The zero-order valence-electron chi connectivity index (χ0n) is 2.91. The van der Waals surface area contributed by atoms with Crippen LogP contribution in [-0.2, 0) is 5.48 Å². The minimum atomic E-state index is 0. The van der Waals surface area contributed by atoms with E-state index in [-0.39, 0.29) is 81.2 Å². The summed E-state index contributed by atoms with van der Waals surface area (Å²) in [6.45, 7) is 0. The minimum Gasteiger partial charge on any atom is -2.00 e. The first kappa shape index (κ1) is 35.2. The van der Waals surface area contributed by atoms with E-state index in [9.17, 15) is 0 Å². The normalized spacial score (nSPS) is 0. The molecule has 0 unspecified atom stereocenters. The first-order valence-corrected chi connectivity index (χ1v) is 0. The zero-order chi connectivity index (χ0) is 0. The molecule has 0 saturated carbocycles. The maximum atomic E-state index is 0. The Kier molecular flexibility index (Phi) is 169. The molecule has 0 fully saturated rings. The molecule has 4 heteroatoms. The second kappa shape index (κ2) is 19.2. The van der Waals surface area contributed by atoms with Crippen LogP contribution >= 0.6 is 0 Å². The molecular formula is H2KLiO2. The summed E-state index contributed by atoms with van der Waals surface area (Å²) < 4.78 is 0. The van der Waals surface area contributed by atoms with Crippen molar-refractivity contribution in [2.45, 2.75) is 0 Å². The van der Waals surface area contributed by atoms with E-state index in [1.54, 1.807) is 0 Å². The topological polar surface area (TPSA) is 60.0 Å². The van der Waals surface area contributed by atoms with Gasteiger partial charge >= 0.3 is 70.2 Å². The first-order valence-electron chi connectivity index (χ1n) is 0. The monoisotopic (exact) mass is 80.0 g/mol. The summed E-state index contributed by atoms with van der Waals surface area (Å²) in [5.74, 6) is 0. The Bertz CT molecular complexity index is 6.00. The second-order valence-corrected chi connectivity index (χ2v) is 0. The molecule has 0 bridgehead atoms. The van der Waals surface area contributed by atoms with Gasteiger partial charge in [-0.3, -0.25) is 0 Å². The van der Waals surface area contributed by atoms with Crippen molar-refractivity contribution in [1.82, 2.24) is 0 Å². The van der Waals surface area contributed by atoms with Gasteiger partial charge in [0.25, 0.3) is 0 Å². The van der Waals surface area contributed by atoms with Crippen LogP contribution in [0, 0.1) is 0 Å². The molecule has 0 rings (SSSR count). The van der Waals surface area contributed by atoms with E-state index in [4.69, 9.17) is 0 Å². The maximum absolute atomic E-state index is 0. The molecule has 4 heavy (non-hydrogen) atoms. The molecule has 0 aromatic carbocycles. The molecule has 2 N–H and O–H groups in total. The molecule has 0 aliphatic heterocycles. The third-order valence-corrected chi connectivity index (χ3v) is 0. The van der Waals surface area contributed by atoms with Crippen molar-refractivity contribution >= 4 is 0 Å². The van der Waals surface area contributed by atoms with Crippen molar-refractivity contribution in [3.63, 3.8) is 0 Å². The molecule has 0 amide bonds. The van der Waals surface area contributed by atoms with Crippen molar-refractivity contribution in [2.24, 2.45) is 0 Å². The Morgan fingerprint density at radius 3 is 1.00 bits per heavy atom. The number of hydrogen-bond acceptors (Lipinski definition) is 0. The van der Waals surface area contributed by atoms with E-state index in [0.29, 0.717) is 0 Å². The standard InChI is InChI=1S/K.Li.H2O.O/h;;1H2;/q2*+1;;-2. The molecule has 0 spiro atoms. The first-order chi connectivity index (χ1) is 0. The van der Waals surface area contributed by atoms with Gasteiger partial charge in [-0.25, -0.2) is 0 Å². The van der Waals surface area contributed by atoms with Crippen molar-refractivity contribution in [2.75, 3.05) is 0 Å². The summed E-state index contributed by atoms with van der Waals surface area (Å²) in [6, 6.07) is 0. The predicted molar refractivity (Wildman–Crippen MR) is 4.30 cm³/mol. The van der Waals surface area contributed by atoms with Crippen LogP contribution in [0.4, 0.5) is 0 Å². The Hall–Kier alpha value is 2.15. The van der Waals surface area contributed by atoms with E-state index in [1.165, 1.54) is 0 Å². The number of rotatable bonds is 0. The summed E-state index contributed by atoms with van der Waals surface area (Å²) in [5.41, 5.74) is 0. The molecule has 0 aliphatic rings. The third kappa shape index (κ3) is 8.91. The van der Waals surface area contributed by atoms with Crippen molar-refractivity contribution in [3.8, 4) is 0 Å². The van der Waals surface area contributed by atoms with Crippen LogP contribution in [0.25, 0.3) is 0 Å². The second-order valence-electron chi connectivity index (χ2n) is 0. The Morgan fingerprint density at radius 1 is 1.00 bits per heavy atom. The quantitative estimate of drug-likeness (QED) is 0.260. The third-order valence-electron chi connectivity index (χ3n) is 0. The Morgan fingerprint density at radius 2 is 1.00 bits per heavy atom. The fourth-order valence-electron chi connectivity index (χ4n) is 0. The molecule has 16 valence electrons. The van der Waals surface area contributed by atoms with Gasteiger partial charge in [0, 0.05) is 0 Å². The molecule has 0 aliphatic carbocycles. The molecular weight excluding hydrogens is 78.0 g/mol. The fourth-order valence-corrected chi connectivity index (χ4v) is 0. The van der Waals surface area contributed by atoms with Gasteiger partial charge in [0.15, 0.2) is 0 Å². The molecule has 0 saturated heterocycles.